The van der Waals surface area contributed by atoms with Crippen LogP contribution in [-0.2, 0) is 12.8 Å². The molecule has 0 amide bonds. The Morgan fingerprint density at radius 1 is 1.20 bits per heavy atom. The van der Waals surface area contributed by atoms with Crippen LogP contribution in [-0.4, -0.2) is 44.2 Å². The van der Waals surface area contributed by atoms with Crippen LogP contribution in [0.5, 0.6) is 5.75 Å². The molecule has 2 atom stereocenters. The van der Waals surface area contributed by atoms with E-state index in [1.54, 1.807) is 7.11 Å². The molecule has 0 spiro atoms. The quantitative estimate of drug-likeness (QED) is 0.915. The van der Waals surface area contributed by atoms with E-state index in [4.69, 9.17) is 4.74 Å². The molecule has 3 rings (SSSR count). The van der Waals surface area contributed by atoms with Gasteiger partial charge < -0.3 is 15.0 Å². The molecule has 0 saturated carbocycles. The summed E-state index contributed by atoms with van der Waals surface area (Å²) in [6.45, 7) is 2.45. The second-order valence-electron chi connectivity index (χ2n) is 6.34. The van der Waals surface area contributed by atoms with Gasteiger partial charge in [-0.1, -0.05) is 6.07 Å². The summed E-state index contributed by atoms with van der Waals surface area (Å²) in [5.41, 5.74) is 2.97. The Morgan fingerprint density at radius 2 is 2.10 bits per heavy atom. The number of piperidine rings is 1. The first-order valence-corrected chi connectivity index (χ1v) is 7.85. The van der Waals surface area contributed by atoms with Crippen LogP contribution >= 0.6 is 0 Å². The number of ether oxygens (including phenoxy) is 1. The van der Waals surface area contributed by atoms with Crippen LogP contribution in [0.25, 0.3) is 0 Å². The summed E-state index contributed by atoms with van der Waals surface area (Å²) >= 11 is 0. The number of nitrogens with one attached hydrogen (secondary N) is 1. The number of aryl methyl sites for hydroxylation is 1. The minimum Gasteiger partial charge on any atom is -0.497 e. The van der Waals surface area contributed by atoms with Crippen LogP contribution in [0.15, 0.2) is 18.2 Å². The number of methoxy groups -OCH3 is 1. The lowest BCUT2D eigenvalue weighted by atomic mass is 9.87. The van der Waals surface area contributed by atoms with Crippen molar-refractivity contribution in [3.63, 3.8) is 0 Å². The SMILES string of the molecule is COc1ccc2c(c1)CC(NC1CCCN(C)C1)CC2. The van der Waals surface area contributed by atoms with Gasteiger partial charge in [-0.15, -0.1) is 0 Å². The smallest absolute Gasteiger partial charge is 0.119 e. The van der Waals surface area contributed by atoms with Crippen molar-refractivity contribution in [2.24, 2.45) is 0 Å². The van der Waals surface area contributed by atoms with Crippen LogP contribution in [0, 0.1) is 0 Å². The van der Waals surface area contributed by atoms with Gasteiger partial charge in [0, 0.05) is 18.6 Å². The minimum atomic E-state index is 0.631. The van der Waals surface area contributed by atoms with E-state index >= 15 is 0 Å². The number of fused-ring (bicyclic) bond motifs is 1. The predicted octanol–water partition coefficient (Wildman–Crippen LogP) is 2.24. The molecule has 3 heteroatoms. The number of rotatable bonds is 3. The Kier molecular flexibility index (Phi) is 4.27. The average molecular weight is 274 g/mol. The van der Waals surface area contributed by atoms with Crippen molar-refractivity contribution < 1.29 is 4.74 Å². The first-order valence-electron chi connectivity index (χ1n) is 7.85. The average Bonchev–Trinajstić information content (AvgIpc) is 2.46. The second-order valence-corrected chi connectivity index (χ2v) is 6.34. The van der Waals surface area contributed by atoms with Crippen LogP contribution in [0.3, 0.4) is 0 Å². The topological polar surface area (TPSA) is 24.5 Å². The van der Waals surface area contributed by atoms with Gasteiger partial charge in [-0.05, 0) is 69.0 Å². The molecule has 1 aliphatic heterocycles. The van der Waals surface area contributed by atoms with Crippen molar-refractivity contribution in [2.75, 3.05) is 27.2 Å². The Balaban J connectivity index is 1.62. The van der Waals surface area contributed by atoms with E-state index < -0.39 is 0 Å². The molecule has 0 aromatic heterocycles. The molecule has 2 aliphatic rings. The molecule has 3 nitrogen and oxygen atoms in total. The standard InChI is InChI=1S/C17H26N2O/c1-19-9-3-4-16(12-19)18-15-7-5-13-6-8-17(20-2)11-14(13)10-15/h6,8,11,15-16,18H,3-5,7,9-10,12H2,1-2H3. The van der Waals surface area contributed by atoms with E-state index in [0.717, 1.165) is 12.2 Å². The third kappa shape index (κ3) is 3.15. The zero-order valence-electron chi connectivity index (χ0n) is 12.7. The molecule has 1 heterocycles. The molecule has 2 unspecified atom stereocenters. The fourth-order valence-electron chi connectivity index (χ4n) is 3.64. The van der Waals surface area contributed by atoms with Crippen LogP contribution in [0.1, 0.15) is 30.4 Å². The van der Waals surface area contributed by atoms with E-state index in [0.29, 0.717) is 12.1 Å². The Bertz CT molecular complexity index is 460. The predicted molar refractivity (Wildman–Crippen MR) is 82.5 cm³/mol. The van der Waals surface area contributed by atoms with Crippen molar-refractivity contribution >= 4 is 0 Å². The van der Waals surface area contributed by atoms with Crippen LogP contribution in [0.2, 0.25) is 0 Å². The molecule has 1 saturated heterocycles. The molecular formula is C17H26N2O. The van der Waals surface area contributed by atoms with Gasteiger partial charge in [0.15, 0.2) is 0 Å². The van der Waals surface area contributed by atoms with Gasteiger partial charge in [-0.2, -0.15) is 0 Å². The number of hydrogen-bond acceptors (Lipinski definition) is 3. The molecule has 110 valence electrons. The normalized spacial score (nSPS) is 27.1. The molecule has 1 fully saturated rings. The molecule has 1 aromatic carbocycles. The Hall–Kier alpha value is -1.06. The lowest BCUT2D eigenvalue weighted by Crippen LogP contribution is -2.49. The zero-order valence-corrected chi connectivity index (χ0v) is 12.7. The molecule has 1 aromatic rings. The van der Waals surface area contributed by atoms with Crippen molar-refractivity contribution in [3.8, 4) is 5.75 Å². The maximum absolute atomic E-state index is 5.35. The van der Waals surface area contributed by atoms with Gasteiger partial charge >= 0.3 is 0 Å². The maximum Gasteiger partial charge on any atom is 0.119 e. The van der Waals surface area contributed by atoms with Crippen molar-refractivity contribution in [3.05, 3.63) is 29.3 Å². The minimum absolute atomic E-state index is 0.631. The summed E-state index contributed by atoms with van der Waals surface area (Å²) in [4.78, 5) is 2.45. The Morgan fingerprint density at radius 3 is 2.90 bits per heavy atom. The number of likely N-dealkylation sites (tertiary alicyclic amines) is 1. The molecule has 20 heavy (non-hydrogen) atoms. The van der Waals surface area contributed by atoms with Crippen molar-refractivity contribution in [1.82, 2.24) is 10.2 Å². The number of hydrogen-bond donors (Lipinski definition) is 1. The van der Waals surface area contributed by atoms with E-state index in [1.165, 1.54) is 49.9 Å². The summed E-state index contributed by atoms with van der Waals surface area (Å²) in [5, 5.41) is 3.88. The maximum atomic E-state index is 5.35. The zero-order chi connectivity index (χ0) is 13.9. The number of nitrogens with zero attached hydrogens (tertiary/aromatic N) is 1. The summed E-state index contributed by atoms with van der Waals surface area (Å²) in [7, 11) is 3.98. The number of benzene rings is 1. The van der Waals surface area contributed by atoms with E-state index in [2.05, 4.69) is 35.5 Å². The molecule has 0 bridgehead atoms. The third-order valence-corrected chi connectivity index (χ3v) is 4.74. The van der Waals surface area contributed by atoms with Gasteiger partial charge in [0.25, 0.3) is 0 Å². The van der Waals surface area contributed by atoms with E-state index in [1.807, 2.05) is 0 Å². The fraction of sp³-hybridized carbons (Fsp3) is 0.647. The van der Waals surface area contributed by atoms with Crippen LogP contribution < -0.4 is 10.1 Å². The second kappa shape index (κ2) is 6.15. The van der Waals surface area contributed by atoms with Gasteiger partial charge in [0.05, 0.1) is 7.11 Å². The molecule has 1 N–H and O–H groups in total. The molecule has 0 radical (unpaired) electrons. The Labute approximate surface area is 122 Å². The fourth-order valence-corrected chi connectivity index (χ4v) is 3.64. The number of likely N-dealkylation sites (N-methyl/N-ethyl adjacent to an activating group) is 1. The monoisotopic (exact) mass is 274 g/mol. The van der Waals surface area contributed by atoms with E-state index in [9.17, 15) is 0 Å². The highest BCUT2D eigenvalue weighted by Crippen LogP contribution is 2.26. The summed E-state index contributed by atoms with van der Waals surface area (Å²) in [5.74, 6) is 0.988. The van der Waals surface area contributed by atoms with Gasteiger partial charge in [-0.3, -0.25) is 0 Å². The summed E-state index contributed by atoms with van der Waals surface area (Å²) < 4.78 is 5.35. The highest BCUT2D eigenvalue weighted by molar-refractivity contribution is 5.37. The largest absolute Gasteiger partial charge is 0.497 e. The van der Waals surface area contributed by atoms with Crippen molar-refractivity contribution in [2.45, 2.75) is 44.2 Å². The van der Waals surface area contributed by atoms with Gasteiger partial charge in [0.2, 0.25) is 0 Å². The summed E-state index contributed by atoms with van der Waals surface area (Å²) in [6.07, 6.45) is 6.25. The molecular weight excluding hydrogens is 248 g/mol. The lowest BCUT2D eigenvalue weighted by Gasteiger charge is -2.35. The molecule has 1 aliphatic carbocycles. The highest BCUT2D eigenvalue weighted by Gasteiger charge is 2.24. The van der Waals surface area contributed by atoms with Crippen molar-refractivity contribution in [1.29, 1.82) is 0 Å². The summed E-state index contributed by atoms with van der Waals surface area (Å²) in [6, 6.07) is 7.84. The van der Waals surface area contributed by atoms with E-state index in [-0.39, 0.29) is 0 Å². The van der Waals surface area contributed by atoms with Crippen LogP contribution in [0.4, 0.5) is 0 Å². The first kappa shape index (κ1) is 13.9. The highest BCUT2D eigenvalue weighted by atomic mass is 16.5. The first-order chi connectivity index (χ1) is 9.74. The van der Waals surface area contributed by atoms with Gasteiger partial charge in [-0.25, -0.2) is 0 Å². The lowest BCUT2D eigenvalue weighted by molar-refractivity contribution is 0.212. The van der Waals surface area contributed by atoms with Gasteiger partial charge in [0.1, 0.15) is 5.75 Å². The third-order valence-electron chi connectivity index (χ3n) is 4.74.